The molecule has 0 saturated carbocycles. The van der Waals surface area contributed by atoms with E-state index >= 15 is 0 Å². The van der Waals surface area contributed by atoms with Crippen LogP contribution >= 0.6 is 11.8 Å². The Morgan fingerprint density at radius 3 is 2.70 bits per heavy atom. The quantitative estimate of drug-likeness (QED) is 0.927. The van der Waals surface area contributed by atoms with Gasteiger partial charge in [0.15, 0.2) is 5.54 Å². The molecule has 1 N–H and O–H groups in total. The topological polar surface area (TPSA) is 57.6 Å². The summed E-state index contributed by atoms with van der Waals surface area (Å²) in [4.78, 5) is 26.5. The fourth-order valence-corrected chi connectivity index (χ4v) is 4.02. The molecular weight excluding hydrogens is 274 g/mol. The maximum absolute atomic E-state index is 12.1. The van der Waals surface area contributed by atoms with Crippen molar-refractivity contribution in [3.8, 4) is 0 Å². The first-order valence-electron chi connectivity index (χ1n) is 6.78. The number of hydrogen-bond acceptors (Lipinski definition) is 3. The van der Waals surface area contributed by atoms with Gasteiger partial charge in [0, 0.05) is 29.7 Å². The standard InChI is InChI=1S/C15H19NO3S/c1-3-9-16(11(2)17)15(14(18)19)8-10-20-13-7-5-4-6-12(13)15/h4-7H,3,8-10H2,1-2H3,(H,18,19). The molecule has 20 heavy (non-hydrogen) atoms. The van der Waals surface area contributed by atoms with Crippen molar-refractivity contribution in [1.82, 2.24) is 4.90 Å². The van der Waals surface area contributed by atoms with Gasteiger partial charge in [0.1, 0.15) is 0 Å². The monoisotopic (exact) mass is 293 g/mol. The van der Waals surface area contributed by atoms with Gasteiger partial charge in [0.05, 0.1) is 0 Å². The van der Waals surface area contributed by atoms with Gasteiger partial charge < -0.3 is 10.0 Å². The fraction of sp³-hybridized carbons (Fsp3) is 0.467. The smallest absolute Gasteiger partial charge is 0.334 e. The molecule has 0 fully saturated rings. The average Bonchev–Trinajstić information content (AvgIpc) is 2.43. The Morgan fingerprint density at radius 1 is 1.40 bits per heavy atom. The molecule has 1 atom stereocenters. The number of carbonyl (C=O) groups is 2. The van der Waals surface area contributed by atoms with Gasteiger partial charge in [0.2, 0.25) is 5.91 Å². The third-order valence-electron chi connectivity index (χ3n) is 3.70. The first-order valence-corrected chi connectivity index (χ1v) is 7.76. The summed E-state index contributed by atoms with van der Waals surface area (Å²) < 4.78 is 0. The lowest BCUT2D eigenvalue weighted by Crippen LogP contribution is -2.55. The molecule has 0 bridgehead atoms. The molecule has 0 aromatic heterocycles. The van der Waals surface area contributed by atoms with Crippen molar-refractivity contribution in [3.05, 3.63) is 29.8 Å². The molecule has 1 amide bonds. The fourth-order valence-electron chi connectivity index (χ4n) is 2.84. The van der Waals surface area contributed by atoms with E-state index in [0.29, 0.717) is 18.7 Å². The minimum absolute atomic E-state index is 0.184. The molecule has 108 valence electrons. The minimum Gasteiger partial charge on any atom is -0.479 e. The van der Waals surface area contributed by atoms with E-state index in [1.165, 1.54) is 11.8 Å². The van der Waals surface area contributed by atoms with E-state index in [4.69, 9.17) is 0 Å². The number of nitrogens with zero attached hydrogens (tertiary/aromatic N) is 1. The zero-order chi connectivity index (χ0) is 14.8. The van der Waals surface area contributed by atoms with E-state index in [-0.39, 0.29) is 5.91 Å². The van der Waals surface area contributed by atoms with Gasteiger partial charge in [-0.2, -0.15) is 0 Å². The van der Waals surface area contributed by atoms with Crippen LogP contribution in [0.1, 0.15) is 32.3 Å². The number of carbonyl (C=O) groups excluding carboxylic acids is 1. The van der Waals surface area contributed by atoms with Crippen LogP contribution in [0.3, 0.4) is 0 Å². The van der Waals surface area contributed by atoms with Crippen molar-refractivity contribution >= 4 is 23.6 Å². The number of rotatable bonds is 4. The number of carboxylic acids is 1. The Labute approximate surface area is 123 Å². The van der Waals surface area contributed by atoms with Crippen LogP contribution in [-0.2, 0) is 15.1 Å². The van der Waals surface area contributed by atoms with Crippen LogP contribution in [0.25, 0.3) is 0 Å². The lowest BCUT2D eigenvalue weighted by atomic mass is 9.84. The second-order valence-electron chi connectivity index (χ2n) is 4.93. The van der Waals surface area contributed by atoms with E-state index in [0.717, 1.165) is 16.9 Å². The van der Waals surface area contributed by atoms with Crippen molar-refractivity contribution in [2.24, 2.45) is 0 Å². The van der Waals surface area contributed by atoms with Crippen LogP contribution in [0.2, 0.25) is 0 Å². The third-order valence-corrected chi connectivity index (χ3v) is 4.77. The number of amides is 1. The molecule has 1 aromatic carbocycles. The van der Waals surface area contributed by atoms with E-state index in [2.05, 4.69) is 0 Å². The Morgan fingerprint density at radius 2 is 2.10 bits per heavy atom. The van der Waals surface area contributed by atoms with Crippen molar-refractivity contribution in [2.45, 2.75) is 37.1 Å². The average molecular weight is 293 g/mol. The number of aliphatic carboxylic acids is 1. The van der Waals surface area contributed by atoms with Gasteiger partial charge in [-0.3, -0.25) is 4.79 Å². The molecule has 5 heteroatoms. The van der Waals surface area contributed by atoms with Crippen molar-refractivity contribution in [2.75, 3.05) is 12.3 Å². The number of benzene rings is 1. The number of hydrogen-bond donors (Lipinski definition) is 1. The van der Waals surface area contributed by atoms with Crippen LogP contribution in [0, 0.1) is 0 Å². The van der Waals surface area contributed by atoms with Gasteiger partial charge in [0.25, 0.3) is 0 Å². The Hall–Kier alpha value is -1.49. The predicted octanol–water partition coefficient (Wildman–Crippen LogP) is 2.72. The normalized spacial score (nSPS) is 21.1. The van der Waals surface area contributed by atoms with E-state index < -0.39 is 11.5 Å². The Bertz CT molecular complexity index is 532. The molecule has 1 aliphatic rings. The van der Waals surface area contributed by atoms with Crippen LogP contribution in [0.15, 0.2) is 29.2 Å². The lowest BCUT2D eigenvalue weighted by Gasteiger charge is -2.43. The Kier molecular flexibility index (Phi) is 4.38. The van der Waals surface area contributed by atoms with E-state index in [1.807, 2.05) is 31.2 Å². The zero-order valence-corrected chi connectivity index (χ0v) is 12.6. The largest absolute Gasteiger partial charge is 0.479 e. The highest BCUT2D eigenvalue weighted by Crippen LogP contribution is 2.44. The highest BCUT2D eigenvalue weighted by molar-refractivity contribution is 7.99. The molecule has 1 aliphatic heterocycles. The summed E-state index contributed by atoms with van der Waals surface area (Å²) in [6.45, 7) is 3.86. The maximum atomic E-state index is 12.1. The highest BCUT2D eigenvalue weighted by atomic mass is 32.2. The maximum Gasteiger partial charge on any atom is 0.334 e. The first kappa shape index (κ1) is 14.9. The summed E-state index contributed by atoms with van der Waals surface area (Å²) in [5, 5.41) is 9.88. The van der Waals surface area contributed by atoms with Crippen LogP contribution in [0.4, 0.5) is 0 Å². The minimum atomic E-state index is -1.22. The molecule has 1 aromatic rings. The molecular formula is C15H19NO3S. The lowest BCUT2D eigenvalue weighted by molar-refractivity contribution is -0.160. The summed E-state index contributed by atoms with van der Waals surface area (Å²) >= 11 is 1.65. The predicted molar refractivity (Wildman–Crippen MR) is 78.8 cm³/mol. The van der Waals surface area contributed by atoms with Crippen LogP contribution in [-0.4, -0.2) is 34.2 Å². The summed E-state index contributed by atoms with van der Waals surface area (Å²) in [6, 6.07) is 7.51. The number of fused-ring (bicyclic) bond motifs is 1. The molecule has 0 spiro atoms. The van der Waals surface area contributed by atoms with Gasteiger partial charge in [-0.25, -0.2) is 4.79 Å². The summed E-state index contributed by atoms with van der Waals surface area (Å²) in [6.07, 6.45) is 1.19. The summed E-state index contributed by atoms with van der Waals surface area (Å²) in [7, 11) is 0. The molecule has 2 rings (SSSR count). The first-order chi connectivity index (χ1) is 9.54. The molecule has 0 aliphatic carbocycles. The van der Waals surface area contributed by atoms with Crippen molar-refractivity contribution < 1.29 is 14.7 Å². The zero-order valence-electron chi connectivity index (χ0n) is 11.8. The van der Waals surface area contributed by atoms with Crippen LogP contribution < -0.4 is 0 Å². The second kappa shape index (κ2) is 5.87. The van der Waals surface area contributed by atoms with Crippen molar-refractivity contribution in [3.63, 3.8) is 0 Å². The molecule has 1 unspecified atom stereocenters. The van der Waals surface area contributed by atoms with Gasteiger partial charge >= 0.3 is 5.97 Å². The van der Waals surface area contributed by atoms with Gasteiger partial charge in [-0.05, 0) is 18.9 Å². The SMILES string of the molecule is CCCN(C(C)=O)C1(C(=O)O)CCSc2ccccc21. The van der Waals surface area contributed by atoms with Gasteiger partial charge in [-0.1, -0.05) is 25.1 Å². The number of thioether (sulfide) groups is 1. The van der Waals surface area contributed by atoms with E-state index in [1.54, 1.807) is 11.8 Å². The van der Waals surface area contributed by atoms with Crippen molar-refractivity contribution in [1.29, 1.82) is 0 Å². The Balaban J connectivity index is 2.62. The third kappa shape index (κ3) is 2.30. The van der Waals surface area contributed by atoms with Gasteiger partial charge in [-0.15, -0.1) is 11.8 Å². The van der Waals surface area contributed by atoms with Crippen LogP contribution in [0.5, 0.6) is 0 Å². The van der Waals surface area contributed by atoms with E-state index in [9.17, 15) is 14.7 Å². The molecule has 1 heterocycles. The number of carboxylic acid groups (broad SMARTS) is 1. The molecule has 4 nitrogen and oxygen atoms in total. The molecule has 0 saturated heterocycles. The highest BCUT2D eigenvalue weighted by Gasteiger charge is 2.49. The summed E-state index contributed by atoms with van der Waals surface area (Å²) in [5.41, 5.74) is -0.476. The summed E-state index contributed by atoms with van der Waals surface area (Å²) in [5.74, 6) is -0.415. The second-order valence-corrected chi connectivity index (χ2v) is 6.07. The molecule has 0 radical (unpaired) electrons.